The van der Waals surface area contributed by atoms with E-state index in [0.717, 1.165) is 18.3 Å². The number of methoxy groups -OCH3 is 1. The Balaban J connectivity index is 0.000000491. The van der Waals surface area contributed by atoms with E-state index in [-0.39, 0.29) is 0 Å². The summed E-state index contributed by atoms with van der Waals surface area (Å²) in [5, 5.41) is 15.8. The van der Waals surface area contributed by atoms with Crippen LogP contribution in [-0.2, 0) is 4.79 Å². The number of nitrogens with two attached hydrogens (primary N) is 1. The van der Waals surface area contributed by atoms with Crippen LogP contribution in [0.3, 0.4) is 0 Å². The third-order valence-electron chi connectivity index (χ3n) is 2.38. The van der Waals surface area contributed by atoms with Crippen molar-refractivity contribution in [2.75, 3.05) is 12.4 Å². The standard InChI is InChI=1S/C13H13N3O.C2H4O2/c1-17-13-9-11(7-8-12(13)16-14)15-10-5-3-2-4-6-10;1-2(3)4/h2-9,14-15H,1H3;1H3,(H,3,4). The molecule has 2 aromatic rings. The zero-order valence-electron chi connectivity index (χ0n) is 11.9. The number of carbonyl (C=O) groups is 1. The first-order chi connectivity index (χ1) is 10.1. The average molecular weight is 287 g/mol. The van der Waals surface area contributed by atoms with E-state index < -0.39 is 5.97 Å². The SMILES string of the molecule is CC(=O)[O-].COc1cc(Nc2ccccc2)ccc1N=[NH2+]. The summed E-state index contributed by atoms with van der Waals surface area (Å²) in [5.74, 6) is -0.437. The average Bonchev–Trinajstić information content (AvgIpc) is 2.47. The summed E-state index contributed by atoms with van der Waals surface area (Å²) in [5.41, 5.74) is 7.84. The van der Waals surface area contributed by atoms with Gasteiger partial charge in [0, 0.05) is 23.4 Å². The van der Waals surface area contributed by atoms with Gasteiger partial charge in [-0.2, -0.15) is 5.53 Å². The summed E-state index contributed by atoms with van der Waals surface area (Å²) in [6.45, 7) is 0.972. The highest BCUT2D eigenvalue weighted by Gasteiger charge is 2.05. The van der Waals surface area contributed by atoms with Crippen LogP contribution in [0.5, 0.6) is 5.75 Å². The highest BCUT2D eigenvalue weighted by atomic mass is 16.5. The molecule has 110 valence electrons. The molecule has 0 radical (unpaired) electrons. The molecule has 0 heterocycles. The van der Waals surface area contributed by atoms with Gasteiger partial charge in [-0.05, 0) is 36.3 Å². The van der Waals surface area contributed by atoms with Crippen LogP contribution in [0.1, 0.15) is 6.92 Å². The third kappa shape index (κ3) is 5.73. The van der Waals surface area contributed by atoms with Crippen LogP contribution >= 0.6 is 0 Å². The van der Waals surface area contributed by atoms with Crippen LogP contribution in [0.15, 0.2) is 53.6 Å². The predicted molar refractivity (Wildman–Crippen MR) is 77.4 cm³/mol. The summed E-state index contributed by atoms with van der Waals surface area (Å²) < 4.78 is 5.20. The molecule has 2 aromatic carbocycles. The summed E-state index contributed by atoms with van der Waals surface area (Å²) in [7, 11) is 1.59. The molecule has 2 rings (SSSR count). The lowest BCUT2D eigenvalue weighted by Gasteiger charge is -2.08. The number of benzene rings is 2. The highest BCUT2D eigenvalue weighted by molar-refractivity contribution is 5.66. The molecular formula is C15H17N3O3. The van der Waals surface area contributed by atoms with Crippen molar-refractivity contribution >= 4 is 23.0 Å². The Bertz CT molecular complexity index is 596. The second kappa shape index (κ2) is 8.31. The molecule has 21 heavy (non-hydrogen) atoms. The molecule has 0 fully saturated rings. The largest absolute Gasteiger partial charge is 0.550 e. The molecule has 6 heteroatoms. The van der Waals surface area contributed by atoms with E-state index in [1.54, 1.807) is 7.11 Å². The van der Waals surface area contributed by atoms with Gasteiger partial charge in [0.15, 0.2) is 11.4 Å². The van der Waals surface area contributed by atoms with Gasteiger partial charge in [0.25, 0.3) is 0 Å². The number of aliphatic carboxylic acids is 1. The number of carbonyl (C=O) groups excluding carboxylic acids is 1. The minimum atomic E-state index is -1.08. The first-order valence-electron chi connectivity index (χ1n) is 6.15. The molecule has 0 spiro atoms. The lowest BCUT2D eigenvalue weighted by Crippen LogP contribution is -2.22. The second-order valence-corrected chi connectivity index (χ2v) is 4.00. The molecule has 0 unspecified atom stereocenters. The van der Waals surface area contributed by atoms with Crippen LogP contribution in [0.4, 0.5) is 17.1 Å². The van der Waals surface area contributed by atoms with Gasteiger partial charge < -0.3 is 20.0 Å². The Morgan fingerprint density at radius 2 is 1.81 bits per heavy atom. The van der Waals surface area contributed by atoms with E-state index in [1.807, 2.05) is 48.5 Å². The summed E-state index contributed by atoms with van der Waals surface area (Å²) >= 11 is 0. The number of nitrogens with one attached hydrogen (secondary N) is 1. The third-order valence-corrected chi connectivity index (χ3v) is 2.38. The number of rotatable bonds is 4. The Kier molecular flexibility index (Phi) is 6.40. The predicted octanol–water partition coefficient (Wildman–Crippen LogP) is 1.04. The van der Waals surface area contributed by atoms with Crippen LogP contribution in [0, 0.1) is 0 Å². The highest BCUT2D eigenvalue weighted by Crippen LogP contribution is 2.30. The number of hydrogen-bond donors (Lipinski definition) is 2. The number of nitrogens with zero attached hydrogens (tertiary/aromatic N) is 1. The van der Waals surface area contributed by atoms with Crippen molar-refractivity contribution in [3.8, 4) is 5.75 Å². The summed E-state index contributed by atoms with van der Waals surface area (Å²) in [4.78, 5) is 8.89. The van der Waals surface area contributed by atoms with Crippen LogP contribution in [0.25, 0.3) is 0 Å². The second-order valence-electron chi connectivity index (χ2n) is 4.00. The smallest absolute Gasteiger partial charge is 0.171 e. The van der Waals surface area contributed by atoms with E-state index in [1.165, 1.54) is 0 Å². The van der Waals surface area contributed by atoms with Gasteiger partial charge >= 0.3 is 0 Å². The van der Waals surface area contributed by atoms with Crippen molar-refractivity contribution in [2.45, 2.75) is 6.92 Å². The molecule has 0 aromatic heterocycles. The maximum absolute atomic E-state index is 8.89. The van der Waals surface area contributed by atoms with Gasteiger partial charge in [-0.25, -0.2) is 0 Å². The van der Waals surface area contributed by atoms with Crippen molar-refractivity contribution < 1.29 is 20.2 Å². The Morgan fingerprint density at radius 1 is 1.19 bits per heavy atom. The lowest BCUT2D eigenvalue weighted by atomic mass is 10.2. The molecule has 0 aliphatic carbocycles. The lowest BCUT2D eigenvalue weighted by molar-refractivity contribution is -0.302. The van der Waals surface area contributed by atoms with Crippen molar-refractivity contribution in [1.82, 2.24) is 0 Å². The fourth-order valence-corrected chi connectivity index (χ4v) is 1.55. The number of anilines is 2. The van der Waals surface area contributed by atoms with Crippen molar-refractivity contribution in [1.29, 1.82) is 0 Å². The minimum absolute atomic E-state index is 0.631. The Morgan fingerprint density at radius 3 is 2.33 bits per heavy atom. The quantitative estimate of drug-likeness (QED) is 0.820. The molecular weight excluding hydrogens is 270 g/mol. The van der Waals surface area contributed by atoms with Gasteiger partial charge in [0.1, 0.15) is 0 Å². The molecule has 0 atom stereocenters. The van der Waals surface area contributed by atoms with E-state index in [2.05, 4.69) is 10.4 Å². The molecule has 0 bridgehead atoms. The number of carboxylic acid groups (broad SMARTS) is 1. The Hall–Kier alpha value is -2.89. The van der Waals surface area contributed by atoms with Gasteiger partial charge in [-0.3, -0.25) is 0 Å². The maximum atomic E-state index is 8.89. The monoisotopic (exact) mass is 287 g/mol. The summed E-state index contributed by atoms with van der Waals surface area (Å²) in [6.07, 6.45) is 0. The van der Waals surface area contributed by atoms with E-state index >= 15 is 0 Å². The van der Waals surface area contributed by atoms with Crippen LogP contribution in [-0.4, -0.2) is 13.1 Å². The number of carboxylic acids is 1. The summed E-state index contributed by atoms with van der Waals surface area (Å²) in [6, 6.07) is 15.5. The number of hydrogen-bond acceptors (Lipinski definition) is 5. The zero-order valence-corrected chi connectivity index (χ0v) is 11.9. The molecule has 0 saturated heterocycles. The van der Waals surface area contributed by atoms with Crippen molar-refractivity contribution in [2.24, 2.45) is 5.11 Å². The number of para-hydroxylation sites is 1. The van der Waals surface area contributed by atoms with Crippen molar-refractivity contribution in [3.05, 3.63) is 48.5 Å². The molecule has 0 saturated carbocycles. The maximum Gasteiger partial charge on any atom is 0.171 e. The van der Waals surface area contributed by atoms with Crippen LogP contribution < -0.4 is 20.7 Å². The topological polar surface area (TPSA) is 99.3 Å². The molecule has 3 N–H and O–H groups in total. The zero-order chi connectivity index (χ0) is 15.7. The van der Waals surface area contributed by atoms with Gasteiger partial charge in [-0.1, -0.05) is 18.2 Å². The van der Waals surface area contributed by atoms with Gasteiger partial charge in [0.2, 0.25) is 0 Å². The molecule has 0 amide bonds. The number of ether oxygens (including phenoxy) is 1. The van der Waals surface area contributed by atoms with Gasteiger partial charge in [0.05, 0.1) is 7.11 Å². The molecule has 6 nitrogen and oxygen atoms in total. The Labute approximate surface area is 122 Å². The normalized spacial score (nSPS) is 9.05. The fourth-order valence-electron chi connectivity index (χ4n) is 1.55. The molecule has 0 aliphatic heterocycles. The first-order valence-corrected chi connectivity index (χ1v) is 6.15. The minimum Gasteiger partial charge on any atom is -0.550 e. The van der Waals surface area contributed by atoms with Crippen molar-refractivity contribution in [3.63, 3.8) is 0 Å². The van der Waals surface area contributed by atoms with E-state index in [4.69, 9.17) is 20.2 Å². The van der Waals surface area contributed by atoms with E-state index in [0.29, 0.717) is 11.4 Å². The van der Waals surface area contributed by atoms with Crippen LogP contribution in [0.2, 0.25) is 0 Å². The fraction of sp³-hybridized carbons (Fsp3) is 0.133. The first kappa shape index (κ1) is 16.2. The molecule has 0 aliphatic rings. The van der Waals surface area contributed by atoms with E-state index in [9.17, 15) is 0 Å². The van der Waals surface area contributed by atoms with Gasteiger partial charge in [-0.15, -0.1) is 0 Å².